The van der Waals surface area contributed by atoms with Crippen molar-refractivity contribution in [3.05, 3.63) is 46.1 Å². The molecule has 0 atom stereocenters. The van der Waals surface area contributed by atoms with Gasteiger partial charge in [0.05, 0.1) is 29.0 Å². The van der Waals surface area contributed by atoms with Gasteiger partial charge in [-0.3, -0.25) is 4.79 Å². The van der Waals surface area contributed by atoms with E-state index in [1.54, 1.807) is 12.3 Å². The predicted molar refractivity (Wildman–Crippen MR) is 96.7 cm³/mol. The number of amides is 1. The first-order valence-electron chi connectivity index (χ1n) is 7.64. The molecule has 2 heterocycles. The maximum absolute atomic E-state index is 12.3. The monoisotopic (exact) mass is 365 g/mol. The fourth-order valence-electron chi connectivity index (χ4n) is 2.70. The molecule has 1 aromatic heterocycles. The lowest BCUT2D eigenvalue weighted by Gasteiger charge is -2.17. The van der Waals surface area contributed by atoms with E-state index in [9.17, 15) is 4.79 Å². The molecule has 0 unspecified atom stereocenters. The summed E-state index contributed by atoms with van der Waals surface area (Å²) in [6.45, 7) is 2.10. The van der Waals surface area contributed by atoms with E-state index in [1.165, 1.54) is 32.1 Å². The first-order chi connectivity index (χ1) is 11.6. The molecule has 3 rings (SSSR count). The van der Waals surface area contributed by atoms with E-state index >= 15 is 0 Å². The molecule has 7 heteroatoms. The van der Waals surface area contributed by atoms with Crippen molar-refractivity contribution < 1.29 is 9.53 Å². The maximum atomic E-state index is 12.3. The first kappa shape index (κ1) is 16.9. The van der Waals surface area contributed by atoms with Crippen LogP contribution in [0, 0.1) is 0 Å². The number of hydrogen-bond acceptors (Lipinski definition) is 4. The van der Waals surface area contributed by atoms with Crippen LogP contribution in [0.2, 0.25) is 10.0 Å². The molecule has 1 aliphatic heterocycles. The summed E-state index contributed by atoms with van der Waals surface area (Å²) in [5.74, 6) is 0.497. The van der Waals surface area contributed by atoms with E-state index in [4.69, 9.17) is 27.9 Å². The lowest BCUT2D eigenvalue weighted by molar-refractivity contribution is 0.102. The van der Waals surface area contributed by atoms with Gasteiger partial charge in [-0.2, -0.15) is 0 Å². The molecule has 0 saturated carbocycles. The molecule has 2 aromatic rings. The minimum Gasteiger partial charge on any atom is -0.494 e. The van der Waals surface area contributed by atoms with Crippen molar-refractivity contribution in [3.8, 4) is 5.75 Å². The van der Waals surface area contributed by atoms with E-state index in [0.29, 0.717) is 17.1 Å². The zero-order valence-electron chi connectivity index (χ0n) is 13.2. The molecule has 0 spiro atoms. The minimum atomic E-state index is -0.331. The molecule has 5 nitrogen and oxygen atoms in total. The molecule has 0 aliphatic carbocycles. The van der Waals surface area contributed by atoms with Crippen molar-refractivity contribution in [2.24, 2.45) is 0 Å². The van der Waals surface area contributed by atoms with Crippen molar-refractivity contribution in [1.29, 1.82) is 0 Å². The molecule has 1 N–H and O–H groups in total. The molecule has 24 heavy (non-hydrogen) atoms. The number of hydrogen-bond donors (Lipinski definition) is 1. The molecule has 0 bridgehead atoms. The summed E-state index contributed by atoms with van der Waals surface area (Å²) in [6.07, 6.45) is 4.18. The van der Waals surface area contributed by atoms with Crippen LogP contribution < -0.4 is 15.0 Å². The zero-order chi connectivity index (χ0) is 17.1. The maximum Gasteiger partial charge on any atom is 0.256 e. The van der Waals surface area contributed by atoms with Gasteiger partial charge in [-0.05, 0) is 37.1 Å². The third-order valence-electron chi connectivity index (χ3n) is 3.93. The highest BCUT2D eigenvalue weighted by atomic mass is 35.5. The minimum absolute atomic E-state index is 0.285. The van der Waals surface area contributed by atoms with E-state index in [0.717, 1.165) is 18.8 Å². The lowest BCUT2D eigenvalue weighted by Crippen LogP contribution is -2.18. The molecule has 1 fully saturated rings. The fraction of sp³-hybridized carbons (Fsp3) is 0.294. The average Bonchev–Trinajstić information content (AvgIpc) is 3.09. The number of benzene rings is 1. The van der Waals surface area contributed by atoms with Gasteiger partial charge in [0.2, 0.25) is 0 Å². The molecule has 0 radical (unpaired) electrons. The van der Waals surface area contributed by atoms with Crippen LogP contribution in [0.4, 0.5) is 11.5 Å². The smallest absolute Gasteiger partial charge is 0.256 e. The van der Waals surface area contributed by atoms with Crippen LogP contribution >= 0.6 is 23.2 Å². The van der Waals surface area contributed by atoms with Crippen LogP contribution in [0.1, 0.15) is 23.2 Å². The Morgan fingerprint density at radius 1 is 1.21 bits per heavy atom. The topological polar surface area (TPSA) is 54.5 Å². The van der Waals surface area contributed by atoms with Gasteiger partial charge in [0, 0.05) is 18.7 Å². The second kappa shape index (κ2) is 7.28. The Bertz CT molecular complexity index is 721. The summed E-state index contributed by atoms with van der Waals surface area (Å²) in [5.41, 5.74) is 1.41. The largest absolute Gasteiger partial charge is 0.494 e. The third-order valence-corrected chi connectivity index (χ3v) is 4.49. The number of halogens is 2. The number of aromatic nitrogens is 1. The average molecular weight is 366 g/mol. The Morgan fingerprint density at radius 3 is 2.42 bits per heavy atom. The first-order valence-corrected chi connectivity index (χ1v) is 8.39. The van der Waals surface area contributed by atoms with Gasteiger partial charge in [-0.15, -0.1) is 0 Å². The van der Waals surface area contributed by atoms with Crippen LogP contribution in [-0.4, -0.2) is 31.1 Å². The van der Waals surface area contributed by atoms with Crippen molar-refractivity contribution in [1.82, 2.24) is 4.98 Å². The SMILES string of the molecule is COc1c(Cl)cc(C(=O)Nc2ccc(N3CCCC3)cn2)cc1Cl. The van der Waals surface area contributed by atoms with Crippen LogP contribution in [-0.2, 0) is 0 Å². The quantitative estimate of drug-likeness (QED) is 0.879. The third kappa shape index (κ3) is 3.57. The summed E-state index contributed by atoms with van der Waals surface area (Å²) in [4.78, 5) is 18.9. The van der Waals surface area contributed by atoms with Crippen LogP contribution in [0.15, 0.2) is 30.5 Å². The number of anilines is 2. The highest BCUT2D eigenvalue weighted by molar-refractivity contribution is 6.37. The van der Waals surface area contributed by atoms with Crippen molar-refractivity contribution in [3.63, 3.8) is 0 Å². The number of nitrogens with zero attached hydrogens (tertiary/aromatic N) is 2. The number of nitrogens with one attached hydrogen (secondary N) is 1. The predicted octanol–water partition coefficient (Wildman–Crippen LogP) is 4.25. The molecule has 1 amide bonds. The highest BCUT2D eigenvalue weighted by Crippen LogP contribution is 2.34. The molecule has 1 aromatic carbocycles. The lowest BCUT2D eigenvalue weighted by atomic mass is 10.2. The number of carbonyl (C=O) groups excluding carboxylic acids is 1. The fourth-order valence-corrected chi connectivity index (χ4v) is 3.34. The van der Waals surface area contributed by atoms with Gasteiger partial charge in [0.1, 0.15) is 5.82 Å². The summed E-state index contributed by atoms with van der Waals surface area (Å²) < 4.78 is 5.08. The van der Waals surface area contributed by atoms with Crippen LogP contribution in [0.5, 0.6) is 5.75 Å². The van der Waals surface area contributed by atoms with Gasteiger partial charge in [-0.25, -0.2) is 4.98 Å². The number of carbonyl (C=O) groups is 1. The Labute approximate surface area is 150 Å². The molecule has 1 saturated heterocycles. The van der Waals surface area contributed by atoms with E-state index in [-0.39, 0.29) is 16.0 Å². The van der Waals surface area contributed by atoms with Gasteiger partial charge >= 0.3 is 0 Å². The van der Waals surface area contributed by atoms with E-state index in [1.807, 2.05) is 6.07 Å². The van der Waals surface area contributed by atoms with Gasteiger partial charge in [0.15, 0.2) is 5.75 Å². The van der Waals surface area contributed by atoms with Crippen molar-refractivity contribution in [2.75, 3.05) is 30.4 Å². The summed E-state index contributed by atoms with van der Waals surface area (Å²) >= 11 is 12.1. The number of rotatable bonds is 4. The Morgan fingerprint density at radius 2 is 1.88 bits per heavy atom. The Balaban J connectivity index is 1.72. The van der Waals surface area contributed by atoms with Gasteiger partial charge < -0.3 is 15.0 Å². The Kier molecular flexibility index (Phi) is 5.11. The highest BCUT2D eigenvalue weighted by Gasteiger charge is 2.15. The second-order valence-electron chi connectivity index (χ2n) is 5.52. The molecular formula is C17H17Cl2N3O2. The van der Waals surface area contributed by atoms with Gasteiger partial charge in [0.25, 0.3) is 5.91 Å². The van der Waals surface area contributed by atoms with Crippen molar-refractivity contribution >= 4 is 40.6 Å². The Hall–Kier alpha value is -1.98. The van der Waals surface area contributed by atoms with Crippen LogP contribution in [0.3, 0.4) is 0 Å². The summed E-state index contributed by atoms with van der Waals surface area (Å²) in [6, 6.07) is 6.78. The van der Waals surface area contributed by atoms with E-state index in [2.05, 4.69) is 15.2 Å². The zero-order valence-corrected chi connectivity index (χ0v) is 14.7. The number of methoxy groups -OCH3 is 1. The van der Waals surface area contributed by atoms with Crippen molar-refractivity contribution in [2.45, 2.75) is 12.8 Å². The summed E-state index contributed by atoms with van der Waals surface area (Å²) in [7, 11) is 1.47. The molecule has 126 valence electrons. The second-order valence-corrected chi connectivity index (χ2v) is 6.34. The molecule has 1 aliphatic rings. The summed E-state index contributed by atoms with van der Waals surface area (Å²) in [5, 5.41) is 3.31. The van der Waals surface area contributed by atoms with E-state index < -0.39 is 0 Å². The normalized spacial score (nSPS) is 13.9. The van der Waals surface area contributed by atoms with Gasteiger partial charge in [-0.1, -0.05) is 23.2 Å². The van der Waals surface area contributed by atoms with Crippen LogP contribution in [0.25, 0.3) is 0 Å². The molecular weight excluding hydrogens is 349 g/mol. The number of pyridine rings is 1. The number of ether oxygens (including phenoxy) is 1. The standard InChI is InChI=1S/C17H17Cl2N3O2/c1-24-16-13(18)8-11(9-14(16)19)17(23)21-15-5-4-12(10-20-15)22-6-2-3-7-22/h4-5,8-10H,2-3,6-7H2,1H3,(H,20,21,23).